The van der Waals surface area contributed by atoms with Crippen molar-refractivity contribution in [2.75, 3.05) is 0 Å². The standard InChI is InChI=1S/C38H28N2O4/c1-19(41)23-8-10-35-31(13-23)33-17-27(21(3)43)15-29(37(33)39-35)25-6-5-7-26(12-25)30-16-28(22(4)44)18-34-32-14-24(20(2)42)9-11-36(32)40-38(30)34/h5-18,39-40H,1-4H3. The minimum Gasteiger partial charge on any atom is -0.354 e. The number of hydrogen-bond donors (Lipinski definition) is 2. The number of carbonyl (C=O) groups is 4. The molecule has 0 spiro atoms. The summed E-state index contributed by atoms with van der Waals surface area (Å²) >= 11 is 0. The Bertz CT molecular complexity index is 2240. The Balaban J connectivity index is 1.49. The first-order chi connectivity index (χ1) is 21.1. The van der Waals surface area contributed by atoms with Crippen LogP contribution < -0.4 is 0 Å². The van der Waals surface area contributed by atoms with Crippen molar-refractivity contribution >= 4 is 66.7 Å². The fourth-order valence-electron chi connectivity index (χ4n) is 6.15. The summed E-state index contributed by atoms with van der Waals surface area (Å²) in [5.74, 6) is -0.156. The number of aromatic nitrogens is 2. The summed E-state index contributed by atoms with van der Waals surface area (Å²) in [7, 11) is 0. The molecule has 44 heavy (non-hydrogen) atoms. The van der Waals surface area contributed by atoms with Gasteiger partial charge in [-0.15, -0.1) is 0 Å². The number of fused-ring (bicyclic) bond motifs is 6. The number of hydrogen-bond acceptors (Lipinski definition) is 4. The molecule has 0 radical (unpaired) electrons. The van der Waals surface area contributed by atoms with Crippen LogP contribution in [0.2, 0.25) is 0 Å². The molecular weight excluding hydrogens is 548 g/mol. The second-order valence-electron chi connectivity index (χ2n) is 11.5. The maximum Gasteiger partial charge on any atom is 0.159 e. The number of carbonyl (C=O) groups excluding carboxylic acids is 4. The highest BCUT2D eigenvalue weighted by atomic mass is 16.1. The Kier molecular flexibility index (Phi) is 6.18. The average Bonchev–Trinajstić information content (AvgIpc) is 3.57. The maximum absolute atomic E-state index is 12.7. The van der Waals surface area contributed by atoms with Gasteiger partial charge in [0.2, 0.25) is 0 Å². The molecular formula is C38H28N2O4. The minimum absolute atomic E-state index is 0.0227. The molecule has 0 saturated carbocycles. The van der Waals surface area contributed by atoms with E-state index in [2.05, 4.69) is 16.0 Å². The first kappa shape index (κ1) is 27.2. The summed E-state index contributed by atoms with van der Waals surface area (Å²) in [6, 6.07) is 26.8. The summed E-state index contributed by atoms with van der Waals surface area (Å²) in [4.78, 5) is 56.7. The van der Waals surface area contributed by atoms with Crippen LogP contribution in [0.25, 0.3) is 65.9 Å². The molecule has 0 aliphatic carbocycles. The van der Waals surface area contributed by atoms with Crippen molar-refractivity contribution in [2.24, 2.45) is 0 Å². The number of aromatic amines is 2. The smallest absolute Gasteiger partial charge is 0.159 e. The molecule has 0 aliphatic heterocycles. The van der Waals surface area contributed by atoms with Crippen LogP contribution in [-0.2, 0) is 0 Å². The highest BCUT2D eigenvalue weighted by molar-refractivity contribution is 6.18. The third-order valence-corrected chi connectivity index (χ3v) is 8.53. The van der Waals surface area contributed by atoms with Gasteiger partial charge < -0.3 is 9.97 Å². The molecule has 2 aromatic heterocycles. The van der Waals surface area contributed by atoms with Gasteiger partial charge in [0.1, 0.15) is 0 Å². The van der Waals surface area contributed by atoms with Gasteiger partial charge in [0.25, 0.3) is 0 Å². The Morgan fingerprint density at radius 3 is 1.20 bits per heavy atom. The van der Waals surface area contributed by atoms with Gasteiger partial charge in [-0.25, -0.2) is 0 Å². The molecule has 2 N–H and O–H groups in total. The van der Waals surface area contributed by atoms with Crippen LogP contribution in [0, 0.1) is 0 Å². The van der Waals surface area contributed by atoms with Gasteiger partial charge in [0, 0.05) is 66.0 Å². The van der Waals surface area contributed by atoms with Gasteiger partial charge in [-0.05, 0) is 106 Å². The van der Waals surface area contributed by atoms with E-state index in [9.17, 15) is 19.2 Å². The highest BCUT2D eigenvalue weighted by Gasteiger charge is 2.18. The third kappa shape index (κ3) is 4.34. The topological polar surface area (TPSA) is 99.9 Å². The first-order valence-electron chi connectivity index (χ1n) is 14.4. The normalized spacial score (nSPS) is 11.5. The lowest BCUT2D eigenvalue weighted by molar-refractivity contribution is 0.100. The molecule has 0 unspecified atom stereocenters. The van der Waals surface area contributed by atoms with E-state index in [1.807, 2.05) is 66.7 Å². The molecule has 2 heterocycles. The van der Waals surface area contributed by atoms with E-state index < -0.39 is 0 Å². The molecule has 7 rings (SSSR count). The lowest BCUT2D eigenvalue weighted by atomic mass is 9.93. The van der Waals surface area contributed by atoms with Crippen molar-refractivity contribution in [2.45, 2.75) is 27.7 Å². The zero-order chi connectivity index (χ0) is 30.9. The first-order valence-corrected chi connectivity index (χ1v) is 14.4. The predicted molar refractivity (Wildman–Crippen MR) is 176 cm³/mol. The number of benzene rings is 5. The third-order valence-electron chi connectivity index (χ3n) is 8.53. The summed E-state index contributed by atoms with van der Waals surface area (Å²) in [5.41, 5.74) is 9.36. The zero-order valence-electron chi connectivity index (χ0n) is 24.7. The Labute approximate surface area is 252 Å². The van der Waals surface area contributed by atoms with Crippen LogP contribution in [-0.4, -0.2) is 33.1 Å². The van der Waals surface area contributed by atoms with Crippen molar-refractivity contribution in [3.63, 3.8) is 0 Å². The number of nitrogens with one attached hydrogen (secondary N) is 2. The Hall–Kier alpha value is -5.62. The highest BCUT2D eigenvalue weighted by Crippen LogP contribution is 2.39. The monoisotopic (exact) mass is 576 g/mol. The number of rotatable bonds is 6. The van der Waals surface area contributed by atoms with Crippen LogP contribution >= 0.6 is 0 Å². The average molecular weight is 577 g/mol. The van der Waals surface area contributed by atoms with Gasteiger partial charge in [0.15, 0.2) is 23.1 Å². The zero-order valence-corrected chi connectivity index (χ0v) is 24.7. The van der Waals surface area contributed by atoms with Crippen molar-refractivity contribution in [1.29, 1.82) is 0 Å². The number of H-pyrrole nitrogens is 2. The second kappa shape index (κ2) is 9.99. The molecule has 0 fully saturated rings. The Morgan fingerprint density at radius 2 is 0.818 bits per heavy atom. The molecule has 0 atom stereocenters. The fraction of sp³-hybridized carbons (Fsp3) is 0.105. The minimum atomic E-state index is -0.0553. The molecule has 7 aromatic rings. The van der Waals surface area contributed by atoms with Crippen molar-refractivity contribution in [3.05, 3.63) is 107 Å². The largest absolute Gasteiger partial charge is 0.354 e. The quantitative estimate of drug-likeness (QED) is 0.193. The van der Waals surface area contributed by atoms with Crippen LogP contribution in [0.4, 0.5) is 0 Å². The van der Waals surface area contributed by atoms with Gasteiger partial charge >= 0.3 is 0 Å². The molecule has 0 saturated heterocycles. The van der Waals surface area contributed by atoms with Crippen molar-refractivity contribution < 1.29 is 19.2 Å². The van der Waals surface area contributed by atoms with Crippen LogP contribution in [0.1, 0.15) is 69.1 Å². The summed E-state index contributed by atoms with van der Waals surface area (Å²) in [6.07, 6.45) is 0. The van der Waals surface area contributed by atoms with E-state index in [0.29, 0.717) is 22.3 Å². The van der Waals surface area contributed by atoms with Gasteiger partial charge in [0.05, 0.1) is 11.0 Å². The summed E-state index contributed by atoms with van der Waals surface area (Å²) in [6.45, 7) is 6.19. The molecule has 5 aromatic carbocycles. The van der Waals surface area contributed by atoms with Gasteiger partial charge in [-0.2, -0.15) is 0 Å². The van der Waals surface area contributed by atoms with Crippen LogP contribution in [0.3, 0.4) is 0 Å². The van der Waals surface area contributed by atoms with Crippen LogP contribution in [0.15, 0.2) is 84.9 Å². The van der Waals surface area contributed by atoms with E-state index >= 15 is 0 Å². The number of Topliss-reactive ketones (excluding diaryl/α,β-unsaturated/α-hetero) is 4. The predicted octanol–water partition coefficient (Wildman–Crippen LogP) is 9.10. The molecule has 6 heteroatoms. The van der Waals surface area contributed by atoms with Gasteiger partial charge in [-0.1, -0.05) is 18.2 Å². The summed E-state index contributed by atoms with van der Waals surface area (Å²) < 4.78 is 0. The van der Waals surface area contributed by atoms with Crippen molar-refractivity contribution in [1.82, 2.24) is 9.97 Å². The second-order valence-corrected chi connectivity index (χ2v) is 11.5. The molecule has 0 bridgehead atoms. The fourth-order valence-corrected chi connectivity index (χ4v) is 6.15. The molecule has 6 nitrogen and oxygen atoms in total. The Morgan fingerprint density at radius 1 is 0.432 bits per heavy atom. The SMILES string of the molecule is CC(=O)c1ccc2[nH]c3c(-c4cccc(-c5cc(C(C)=O)cc6c5[nH]c5ccc(C(C)=O)cc56)c4)cc(C(C)=O)cc3c2c1. The molecule has 214 valence electrons. The van der Waals surface area contributed by atoms with E-state index in [-0.39, 0.29) is 23.1 Å². The van der Waals surface area contributed by atoms with E-state index in [1.165, 1.54) is 0 Å². The number of ketones is 4. The summed E-state index contributed by atoms with van der Waals surface area (Å²) in [5, 5.41) is 3.50. The van der Waals surface area contributed by atoms with E-state index in [4.69, 9.17) is 0 Å². The van der Waals surface area contributed by atoms with Crippen LogP contribution in [0.5, 0.6) is 0 Å². The van der Waals surface area contributed by atoms with Gasteiger partial charge in [-0.3, -0.25) is 19.2 Å². The lowest BCUT2D eigenvalue weighted by Gasteiger charge is -2.11. The maximum atomic E-state index is 12.7. The molecule has 0 amide bonds. The van der Waals surface area contributed by atoms with Crippen molar-refractivity contribution in [3.8, 4) is 22.3 Å². The lowest BCUT2D eigenvalue weighted by Crippen LogP contribution is -1.95. The molecule has 0 aliphatic rings. The van der Waals surface area contributed by atoms with E-state index in [0.717, 1.165) is 65.9 Å². The van der Waals surface area contributed by atoms with E-state index in [1.54, 1.807) is 39.8 Å².